The fourth-order valence-electron chi connectivity index (χ4n) is 1.48. The van der Waals surface area contributed by atoms with Crippen LogP contribution in [0.5, 0.6) is 0 Å². The van der Waals surface area contributed by atoms with Gasteiger partial charge in [0.05, 0.1) is 17.0 Å². The number of rotatable bonds is 5. The zero-order valence-corrected chi connectivity index (χ0v) is 13.3. The summed E-state index contributed by atoms with van der Waals surface area (Å²) in [6, 6.07) is 4.31. The van der Waals surface area contributed by atoms with Crippen molar-refractivity contribution in [2.45, 2.75) is 4.83 Å². The van der Waals surface area contributed by atoms with Gasteiger partial charge in [0.2, 0.25) is 0 Å². The number of carbonyl (C=O) groups excluding carboxylic acids is 1. The number of methoxy groups -OCH3 is 1. The van der Waals surface area contributed by atoms with E-state index in [0.717, 1.165) is 0 Å². The number of hydrogen-bond donors (Lipinski definition) is 0. The molecule has 6 heteroatoms. The number of ether oxygens (including phenoxy) is 1. The van der Waals surface area contributed by atoms with Gasteiger partial charge in [0.15, 0.2) is 0 Å². The number of hydrogen-bond acceptors (Lipinski definition) is 2. The molecule has 18 heavy (non-hydrogen) atoms. The molecule has 0 heterocycles. The predicted molar refractivity (Wildman–Crippen MR) is 75.7 cm³/mol. The number of halogens is 3. The smallest absolute Gasteiger partial charge is 0.256 e. The van der Waals surface area contributed by atoms with Crippen LogP contribution in [0.1, 0.15) is 10.4 Å². The van der Waals surface area contributed by atoms with Crippen molar-refractivity contribution < 1.29 is 13.9 Å². The minimum Gasteiger partial charge on any atom is -0.383 e. The average molecular weight is 383 g/mol. The number of nitrogens with zero attached hydrogens (tertiary/aromatic N) is 1. The summed E-state index contributed by atoms with van der Waals surface area (Å²) < 4.78 is 19.2. The molecule has 0 saturated heterocycles. The second-order valence-corrected chi connectivity index (χ2v) is 6.07. The standard InChI is InChI=1S/C12H14Br2FNO2/c1-16(6-9(14)7-18-2)12(17)10-5-8(13)3-4-11(10)15/h3-5,9H,6-7H2,1-2H3. The topological polar surface area (TPSA) is 29.5 Å². The van der Waals surface area contributed by atoms with Gasteiger partial charge in [0, 0.05) is 25.2 Å². The van der Waals surface area contributed by atoms with Gasteiger partial charge in [-0.25, -0.2) is 4.39 Å². The molecule has 1 unspecified atom stereocenters. The number of carbonyl (C=O) groups is 1. The van der Waals surface area contributed by atoms with Gasteiger partial charge < -0.3 is 9.64 Å². The fraction of sp³-hybridized carbons (Fsp3) is 0.417. The number of benzene rings is 1. The van der Waals surface area contributed by atoms with E-state index in [1.807, 2.05) is 0 Å². The van der Waals surface area contributed by atoms with Crippen LogP contribution in [0.2, 0.25) is 0 Å². The number of amides is 1. The van der Waals surface area contributed by atoms with E-state index in [-0.39, 0.29) is 16.3 Å². The molecule has 0 N–H and O–H groups in total. The fourth-order valence-corrected chi connectivity index (χ4v) is 2.54. The van der Waals surface area contributed by atoms with E-state index in [4.69, 9.17) is 4.74 Å². The Morgan fingerprint density at radius 1 is 1.56 bits per heavy atom. The molecule has 1 amide bonds. The van der Waals surface area contributed by atoms with Crippen molar-refractivity contribution in [3.63, 3.8) is 0 Å². The normalized spacial score (nSPS) is 12.3. The van der Waals surface area contributed by atoms with Crippen LogP contribution in [-0.4, -0.2) is 42.9 Å². The van der Waals surface area contributed by atoms with E-state index in [1.165, 1.54) is 17.0 Å². The Balaban J connectivity index is 2.77. The Morgan fingerprint density at radius 2 is 2.22 bits per heavy atom. The van der Waals surface area contributed by atoms with Crippen molar-refractivity contribution in [2.24, 2.45) is 0 Å². The van der Waals surface area contributed by atoms with Crippen LogP contribution in [0.15, 0.2) is 22.7 Å². The van der Waals surface area contributed by atoms with Crippen LogP contribution >= 0.6 is 31.9 Å². The summed E-state index contributed by atoms with van der Waals surface area (Å²) in [4.78, 5) is 13.5. The first-order chi connectivity index (χ1) is 8.45. The third-order valence-electron chi connectivity index (χ3n) is 2.32. The highest BCUT2D eigenvalue weighted by Gasteiger charge is 2.18. The molecule has 0 bridgehead atoms. The van der Waals surface area contributed by atoms with Crippen LogP contribution < -0.4 is 0 Å². The zero-order valence-electron chi connectivity index (χ0n) is 10.1. The van der Waals surface area contributed by atoms with E-state index in [1.54, 1.807) is 20.2 Å². The highest BCUT2D eigenvalue weighted by Crippen LogP contribution is 2.17. The van der Waals surface area contributed by atoms with Gasteiger partial charge in [0.1, 0.15) is 5.82 Å². The highest BCUT2D eigenvalue weighted by atomic mass is 79.9. The predicted octanol–water partition coefficient (Wildman–Crippen LogP) is 3.07. The van der Waals surface area contributed by atoms with Gasteiger partial charge in [-0.15, -0.1) is 0 Å². The van der Waals surface area contributed by atoms with E-state index < -0.39 is 5.82 Å². The first-order valence-electron chi connectivity index (χ1n) is 5.29. The van der Waals surface area contributed by atoms with Gasteiger partial charge in [-0.1, -0.05) is 31.9 Å². The molecule has 0 fully saturated rings. The summed E-state index contributed by atoms with van der Waals surface area (Å²) in [6.07, 6.45) is 0. The van der Waals surface area contributed by atoms with Gasteiger partial charge >= 0.3 is 0 Å². The Bertz CT molecular complexity index is 429. The van der Waals surface area contributed by atoms with Crippen LogP contribution in [0.25, 0.3) is 0 Å². The van der Waals surface area contributed by atoms with Gasteiger partial charge in [0.25, 0.3) is 5.91 Å². The quantitative estimate of drug-likeness (QED) is 0.732. The minimum atomic E-state index is -0.520. The Morgan fingerprint density at radius 3 is 2.83 bits per heavy atom. The Labute approximate surface area is 123 Å². The lowest BCUT2D eigenvalue weighted by Crippen LogP contribution is -2.34. The molecule has 0 aromatic heterocycles. The maximum atomic E-state index is 13.6. The molecule has 0 saturated carbocycles. The first-order valence-corrected chi connectivity index (χ1v) is 7.00. The maximum Gasteiger partial charge on any atom is 0.256 e. The van der Waals surface area contributed by atoms with Gasteiger partial charge in [-0.3, -0.25) is 4.79 Å². The van der Waals surface area contributed by atoms with Crippen molar-refractivity contribution in [1.82, 2.24) is 4.90 Å². The highest BCUT2D eigenvalue weighted by molar-refractivity contribution is 9.10. The van der Waals surface area contributed by atoms with Crippen molar-refractivity contribution in [2.75, 3.05) is 27.3 Å². The molecule has 0 aliphatic rings. The molecule has 1 aromatic rings. The summed E-state index contributed by atoms with van der Waals surface area (Å²) in [5.41, 5.74) is 0.0593. The lowest BCUT2D eigenvalue weighted by atomic mass is 10.2. The van der Waals surface area contributed by atoms with Crippen molar-refractivity contribution >= 4 is 37.8 Å². The molecule has 3 nitrogen and oxygen atoms in total. The van der Waals surface area contributed by atoms with Crippen molar-refractivity contribution in [3.05, 3.63) is 34.1 Å². The lowest BCUT2D eigenvalue weighted by Gasteiger charge is -2.20. The summed E-state index contributed by atoms with van der Waals surface area (Å²) in [7, 11) is 3.22. The molecule has 1 atom stereocenters. The zero-order chi connectivity index (χ0) is 13.7. The minimum absolute atomic E-state index is 0.0201. The second kappa shape index (κ2) is 7.21. The molecule has 0 radical (unpaired) electrons. The molecule has 100 valence electrons. The van der Waals surface area contributed by atoms with Gasteiger partial charge in [-0.05, 0) is 18.2 Å². The second-order valence-electron chi connectivity index (χ2n) is 3.86. The molecular formula is C12H14Br2FNO2. The van der Waals surface area contributed by atoms with E-state index in [9.17, 15) is 9.18 Å². The van der Waals surface area contributed by atoms with E-state index in [0.29, 0.717) is 17.6 Å². The number of alkyl halides is 1. The Kier molecular flexibility index (Phi) is 6.25. The summed E-state index contributed by atoms with van der Waals surface area (Å²) >= 11 is 6.61. The first kappa shape index (κ1) is 15.6. The van der Waals surface area contributed by atoms with Crippen LogP contribution in [0.4, 0.5) is 4.39 Å². The summed E-state index contributed by atoms with van der Waals surface area (Å²) in [6.45, 7) is 0.928. The molecule has 0 aliphatic carbocycles. The van der Waals surface area contributed by atoms with E-state index in [2.05, 4.69) is 31.9 Å². The van der Waals surface area contributed by atoms with Crippen LogP contribution in [0, 0.1) is 5.82 Å². The maximum absolute atomic E-state index is 13.6. The van der Waals surface area contributed by atoms with Crippen molar-refractivity contribution in [1.29, 1.82) is 0 Å². The Hall–Kier alpha value is -0.460. The van der Waals surface area contributed by atoms with Crippen LogP contribution in [-0.2, 0) is 4.74 Å². The lowest BCUT2D eigenvalue weighted by molar-refractivity contribution is 0.0779. The van der Waals surface area contributed by atoms with E-state index >= 15 is 0 Å². The molecule has 1 rings (SSSR count). The largest absolute Gasteiger partial charge is 0.383 e. The van der Waals surface area contributed by atoms with Gasteiger partial charge in [-0.2, -0.15) is 0 Å². The molecule has 1 aromatic carbocycles. The summed E-state index contributed by atoms with van der Waals surface area (Å²) in [5.74, 6) is -0.873. The molecular weight excluding hydrogens is 369 g/mol. The summed E-state index contributed by atoms with van der Waals surface area (Å²) in [5, 5.41) is 0. The van der Waals surface area contributed by atoms with Crippen LogP contribution in [0.3, 0.4) is 0 Å². The average Bonchev–Trinajstić information content (AvgIpc) is 2.31. The van der Waals surface area contributed by atoms with Crippen molar-refractivity contribution in [3.8, 4) is 0 Å². The third-order valence-corrected chi connectivity index (χ3v) is 3.37. The SMILES string of the molecule is COCC(Br)CN(C)C(=O)c1cc(Br)ccc1F. The monoisotopic (exact) mass is 381 g/mol. The third kappa shape index (κ3) is 4.33. The molecule has 0 spiro atoms. The molecule has 0 aliphatic heterocycles.